The van der Waals surface area contributed by atoms with Gasteiger partial charge in [-0.25, -0.2) is 0 Å². The number of benzene rings is 2. The number of aromatic nitrogens is 2. The smallest absolute Gasteiger partial charge is 0.269 e. The molecule has 26 heavy (non-hydrogen) atoms. The van der Waals surface area contributed by atoms with Gasteiger partial charge in [-0.3, -0.25) is 15.0 Å². The van der Waals surface area contributed by atoms with Gasteiger partial charge in [-0.2, -0.15) is 4.98 Å². The van der Waals surface area contributed by atoms with Gasteiger partial charge in [0.05, 0.1) is 11.5 Å². The Balaban J connectivity index is 1.52. The number of ether oxygens (including phenoxy) is 1. The molecule has 134 valence electrons. The molecule has 0 aliphatic carbocycles. The highest BCUT2D eigenvalue weighted by atomic mass is 16.6. The second-order valence-corrected chi connectivity index (χ2v) is 5.72. The molecule has 0 saturated carbocycles. The lowest BCUT2D eigenvalue weighted by Crippen LogP contribution is -2.24. The third-order valence-corrected chi connectivity index (χ3v) is 3.69. The van der Waals surface area contributed by atoms with E-state index in [1.807, 2.05) is 42.3 Å². The number of rotatable bonds is 8. The fraction of sp³-hybridized carbons (Fsp3) is 0.222. The predicted octanol–water partition coefficient (Wildman–Crippen LogP) is 3.16. The second-order valence-electron chi connectivity index (χ2n) is 5.72. The summed E-state index contributed by atoms with van der Waals surface area (Å²) in [7, 11) is 1.93. The van der Waals surface area contributed by atoms with Crippen LogP contribution in [0.1, 0.15) is 5.89 Å². The molecular weight excluding hydrogens is 336 g/mol. The van der Waals surface area contributed by atoms with Crippen molar-refractivity contribution in [2.24, 2.45) is 0 Å². The SMILES string of the molecule is CN(CCOc1ccccc1)Cc1nc(-c2ccc([N+](=O)[O-])cc2)no1. The molecule has 0 radical (unpaired) electrons. The molecule has 3 aromatic rings. The Hall–Kier alpha value is -3.26. The number of nitro groups is 1. The summed E-state index contributed by atoms with van der Waals surface area (Å²) in [6, 6.07) is 15.7. The topological polar surface area (TPSA) is 94.5 Å². The molecule has 0 aliphatic rings. The first-order valence-corrected chi connectivity index (χ1v) is 8.05. The molecule has 0 bridgehead atoms. The summed E-state index contributed by atoms with van der Waals surface area (Å²) in [5.74, 6) is 1.71. The minimum Gasteiger partial charge on any atom is -0.492 e. The maximum atomic E-state index is 10.7. The van der Waals surface area contributed by atoms with E-state index >= 15 is 0 Å². The highest BCUT2D eigenvalue weighted by molar-refractivity contribution is 5.56. The monoisotopic (exact) mass is 354 g/mol. The van der Waals surface area contributed by atoms with Gasteiger partial charge in [0.2, 0.25) is 11.7 Å². The molecule has 0 amide bonds. The Bertz CT molecular complexity index is 849. The van der Waals surface area contributed by atoms with E-state index in [0.29, 0.717) is 37.0 Å². The van der Waals surface area contributed by atoms with Crippen LogP contribution in [0.15, 0.2) is 59.1 Å². The minimum absolute atomic E-state index is 0.0237. The van der Waals surface area contributed by atoms with Crippen molar-refractivity contribution in [3.63, 3.8) is 0 Å². The summed E-state index contributed by atoms with van der Waals surface area (Å²) in [6.07, 6.45) is 0. The molecule has 1 heterocycles. The van der Waals surface area contributed by atoms with Gasteiger partial charge in [0.1, 0.15) is 12.4 Å². The van der Waals surface area contributed by atoms with Gasteiger partial charge in [-0.15, -0.1) is 0 Å². The number of hydrogen-bond acceptors (Lipinski definition) is 7. The van der Waals surface area contributed by atoms with Crippen LogP contribution in [0.5, 0.6) is 5.75 Å². The number of nitro benzene ring substituents is 1. The molecule has 2 aromatic carbocycles. The Morgan fingerprint density at radius 1 is 1.15 bits per heavy atom. The van der Waals surface area contributed by atoms with Crippen molar-refractivity contribution in [3.05, 3.63) is 70.6 Å². The van der Waals surface area contributed by atoms with E-state index in [0.717, 1.165) is 5.75 Å². The van der Waals surface area contributed by atoms with Crippen molar-refractivity contribution in [2.75, 3.05) is 20.2 Å². The zero-order chi connectivity index (χ0) is 18.4. The fourth-order valence-corrected chi connectivity index (χ4v) is 2.31. The molecular formula is C18H18N4O4. The number of hydrogen-bond donors (Lipinski definition) is 0. The standard InChI is InChI=1S/C18H18N4O4/c1-21(11-12-25-16-5-3-2-4-6-16)13-17-19-18(20-26-17)14-7-9-15(10-8-14)22(23)24/h2-10H,11-13H2,1H3. The molecule has 0 N–H and O–H groups in total. The zero-order valence-corrected chi connectivity index (χ0v) is 14.2. The molecule has 0 unspecified atom stereocenters. The molecule has 0 aliphatic heterocycles. The minimum atomic E-state index is -0.447. The van der Waals surface area contributed by atoms with Crippen LogP contribution in [0.4, 0.5) is 5.69 Å². The van der Waals surface area contributed by atoms with E-state index in [9.17, 15) is 10.1 Å². The first kappa shape index (κ1) is 17.6. The quantitative estimate of drug-likeness (QED) is 0.453. The van der Waals surface area contributed by atoms with Crippen molar-refractivity contribution in [2.45, 2.75) is 6.54 Å². The Morgan fingerprint density at radius 3 is 2.58 bits per heavy atom. The maximum Gasteiger partial charge on any atom is 0.269 e. The summed E-state index contributed by atoms with van der Waals surface area (Å²) in [5, 5.41) is 14.6. The van der Waals surface area contributed by atoms with Crippen LogP contribution < -0.4 is 4.74 Å². The summed E-state index contributed by atoms with van der Waals surface area (Å²) < 4.78 is 10.9. The summed E-state index contributed by atoms with van der Waals surface area (Å²) >= 11 is 0. The van der Waals surface area contributed by atoms with E-state index in [2.05, 4.69) is 10.1 Å². The van der Waals surface area contributed by atoms with Gasteiger partial charge in [-0.05, 0) is 31.3 Å². The third kappa shape index (κ3) is 4.64. The summed E-state index contributed by atoms with van der Waals surface area (Å²) in [4.78, 5) is 16.6. The van der Waals surface area contributed by atoms with Crippen molar-refractivity contribution in [1.82, 2.24) is 15.0 Å². The lowest BCUT2D eigenvalue weighted by Gasteiger charge is -2.14. The molecule has 3 rings (SSSR count). The molecule has 8 nitrogen and oxygen atoms in total. The second kappa shape index (κ2) is 8.21. The van der Waals surface area contributed by atoms with Gasteiger partial charge >= 0.3 is 0 Å². The summed E-state index contributed by atoms with van der Waals surface area (Å²) in [5.41, 5.74) is 0.691. The van der Waals surface area contributed by atoms with Crippen molar-refractivity contribution >= 4 is 5.69 Å². The lowest BCUT2D eigenvalue weighted by atomic mass is 10.2. The van der Waals surface area contributed by atoms with E-state index in [1.54, 1.807) is 12.1 Å². The molecule has 0 spiro atoms. The van der Waals surface area contributed by atoms with Crippen LogP contribution in [-0.4, -0.2) is 40.2 Å². The molecule has 1 aromatic heterocycles. The largest absolute Gasteiger partial charge is 0.492 e. The van der Waals surface area contributed by atoms with Crippen molar-refractivity contribution in [1.29, 1.82) is 0 Å². The highest BCUT2D eigenvalue weighted by Gasteiger charge is 2.12. The Labute approximate surface area is 150 Å². The predicted molar refractivity (Wildman–Crippen MR) is 94.7 cm³/mol. The average Bonchev–Trinajstić information content (AvgIpc) is 3.11. The van der Waals surface area contributed by atoms with Crippen LogP contribution in [-0.2, 0) is 6.54 Å². The van der Waals surface area contributed by atoms with Crippen molar-refractivity contribution < 1.29 is 14.2 Å². The van der Waals surface area contributed by atoms with E-state index in [4.69, 9.17) is 9.26 Å². The Morgan fingerprint density at radius 2 is 1.88 bits per heavy atom. The number of nitrogens with zero attached hydrogens (tertiary/aromatic N) is 4. The van der Waals surface area contributed by atoms with Gasteiger partial charge in [0, 0.05) is 24.2 Å². The van der Waals surface area contributed by atoms with Gasteiger partial charge in [0.25, 0.3) is 5.69 Å². The Kier molecular flexibility index (Phi) is 5.55. The van der Waals surface area contributed by atoms with E-state index < -0.39 is 4.92 Å². The van der Waals surface area contributed by atoms with Gasteiger partial charge < -0.3 is 9.26 Å². The maximum absolute atomic E-state index is 10.7. The average molecular weight is 354 g/mol. The molecule has 8 heteroatoms. The lowest BCUT2D eigenvalue weighted by molar-refractivity contribution is -0.384. The first-order chi connectivity index (χ1) is 12.6. The van der Waals surface area contributed by atoms with Crippen LogP contribution in [0.2, 0.25) is 0 Å². The third-order valence-electron chi connectivity index (χ3n) is 3.69. The van der Waals surface area contributed by atoms with Crippen LogP contribution in [0, 0.1) is 10.1 Å². The number of likely N-dealkylation sites (N-methyl/N-ethyl adjacent to an activating group) is 1. The van der Waals surface area contributed by atoms with Crippen molar-refractivity contribution in [3.8, 4) is 17.1 Å². The fourth-order valence-electron chi connectivity index (χ4n) is 2.31. The molecule has 0 saturated heterocycles. The molecule has 0 atom stereocenters. The number of non-ortho nitro benzene ring substituents is 1. The van der Waals surface area contributed by atoms with Gasteiger partial charge in [-0.1, -0.05) is 23.4 Å². The van der Waals surface area contributed by atoms with E-state index in [1.165, 1.54) is 12.1 Å². The number of para-hydroxylation sites is 1. The first-order valence-electron chi connectivity index (χ1n) is 8.05. The normalized spacial score (nSPS) is 10.8. The van der Waals surface area contributed by atoms with Crippen LogP contribution in [0.25, 0.3) is 11.4 Å². The van der Waals surface area contributed by atoms with Gasteiger partial charge in [0.15, 0.2) is 0 Å². The van der Waals surface area contributed by atoms with Crippen LogP contribution >= 0.6 is 0 Å². The van der Waals surface area contributed by atoms with E-state index in [-0.39, 0.29) is 5.69 Å². The molecule has 0 fully saturated rings. The van der Waals surface area contributed by atoms with Crippen LogP contribution in [0.3, 0.4) is 0 Å². The zero-order valence-electron chi connectivity index (χ0n) is 14.2. The highest BCUT2D eigenvalue weighted by Crippen LogP contribution is 2.20. The summed E-state index contributed by atoms with van der Waals surface area (Å²) in [6.45, 7) is 1.73.